The van der Waals surface area contributed by atoms with E-state index >= 15 is 0 Å². The van der Waals surface area contributed by atoms with Gasteiger partial charge < -0.3 is 19.8 Å². The van der Waals surface area contributed by atoms with E-state index in [0.717, 1.165) is 24.2 Å². The van der Waals surface area contributed by atoms with Gasteiger partial charge in [0.1, 0.15) is 11.5 Å². The molecule has 1 aromatic heterocycles. The van der Waals surface area contributed by atoms with Crippen molar-refractivity contribution in [2.24, 2.45) is 0 Å². The molecule has 1 aliphatic rings. The molecule has 6 heteroatoms. The van der Waals surface area contributed by atoms with Crippen molar-refractivity contribution in [3.05, 3.63) is 53.5 Å². The van der Waals surface area contributed by atoms with Gasteiger partial charge in [-0.2, -0.15) is 0 Å². The summed E-state index contributed by atoms with van der Waals surface area (Å²) in [7, 11) is 3.16. The van der Waals surface area contributed by atoms with E-state index in [0.29, 0.717) is 5.76 Å². The molecule has 0 bridgehead atoms. The predicted octanol–water partition coefficient (Wildman–Crippen LogP) is 2.00. The number of nitrogens with one attached hydrogen (secondary N) is 2. The van der Waals surface area contributed by atoms with E-state index in [4.69, 9.17) is 9.15 Å². The predicted molar refractivity (Wildman–Crippen MR) is 87.9 cm³/mol. The first-order chi connectivity index (χ1) is 11.6. The molecule has 1 saturated carbocycles. The summed E-state index contributed by atoms with van der Waals surface area (Å²) in [4.78, 5) is 24.1. The highest BCUT2D eigenvalue weighted by Crippen LogP contribution is 2.48. The van der Waals surface area contributed by atoms with Crippen LogP contribution in [0.4, 0.5) is 0 Å². The number of furan rings is 1. The van der Waals surface area contributed by atoms with Crippen LogP contribution in [0.15, 0.2) is 40.8 Å². The van der Waals surface area contributed by atoms with Crippen LogP contribution < -0.4 is 15.4 Å². The van der Waals surface area contributed by atoms with E-state index in [2.05, 4.69) is 10.6 Å². The SMILES string of the molecule is CNC(=O)c1ccc(CNC(=O)C2(c3ccc(OC)cc3)CC2)o1. The maximum atomic E-state index is 12.6. The highest BCUT2D eigenvalue weighted by atomic mass is 16.5. The zero-order valence-electron chi connectivity index (χ0n) is 13.7. The number of rotatable bonds is 6. The summed E-state index contributed by atoms with van der Waals surface area (Å²) < 4.78 is 10.6. The van der Waals surface area contributed by atoms with Crippen LogP contribution in [-0.2, 0) is 16.8 Å². The number of hydrogen-bond acceptors (Lipinski definition) is 4. The molecule has 6 nitrogen and oxygen atoms in total. The van der Waals surface area contributed by atoms with E-state index < -0.39 is 5.41 Å². The van der Waals surface area contributed by atoms with Gasteiger partial charge in [0.25, 0.3) is 5.91 Å². The molecule has 0 saturated heterocycles. The third-order valence-corrected chi connectivity index (χ3v) is 4.36. The second-order valence-electron chi connectivity index (χ2n) is 5.84. The molecule has 0 atom stereocenters. The zero-order valence-corrected chi connectivity index (χ0v) is 13.7. The van der Waals surface area contributed by atoms with Crippen molar-refractivity contribution in [2.45, 2.75) is 24.8 Å². The molecule has 24 heavy (non-hydrogen) atoms. The van der Waals surface area contributed by atoms with Gasteiger partial charge in [-0.15, -0.1) is 0 Å². The van der Waals surface area contributed by atoms with Crippen LogP contribution in [0.25, 0.3) is 0 Å². The molecule has 1 aliphatic carbocycles. The van der Waals surface area contributed by atoms with E-state index in [-0.39, 0.29) is 24.1 Å². The van der Waals surface area contributed by atoms with Crippen molar-refractivity contribution >= 4 is 11.8 Å². The van der Waals surface area contributed by atoms with Gasteiger partial charge in [0.2, 0.25) is 5.91 Å². The van der Waals surface area contributed by atoms with Crippen molar-refractivity contribution in [3.63, 3.8) is 0 Å². The lowest BCUT2D eigenvalue weighted by molar-refractivity contribution is -0.123. The monoisotopic (exact) mass is 328 g/mol. The lowest BCUT2D eigenvalue weighted by Crippen LogP contribution is -2.34. The fourth-order valence-corrected chi connectivity index (χ4v) is 2.74. The molecule has 0 aliphatic heterocycles. The van der Waals surface area contributed by atoms with E-state index in [1.807, 2.05) is 24.3 Å². The standard InChI is InChI=1S/C18H20N2O4/c1-19-16(21)15-8-7-14(24-15)11-20-17(22)18(9-10-18)12-3-5-13(23-2)6-4-12/h3-8H,9-11H2,1-2H3,(H,19,21)(H,20,22). The van der Waals surface area contributed by atoms with E-state index in [1.165, 1.54) is 7.05 Å². The van der Waals surface area contributed by atoms with Crippen molar-refractivity contribution < 1.29 is 18.7 Å². The average Bonchev–Trinajstić information content (AvgIpc) is 3.30. The van der Waals surface area contributed by atoms with Gasteiger partial charge in [-0.1, -0.05) is 12.1 Å². The Morgan fingerprint density at radius 2 is 1.88 bits per heavy atom. The average molecular weight is 328 g/mol. The Bertz CT molecular complexity index is 745. The van der Waals surface area contributed by atoms with Gasteiger partial charge >= 0.3 is 0 Å². The number of amides is 2. The summed E-state index contributed by atoms with van der Waals surface area (Å²) in [5, 5.41) is 5.40. The molecule has 1 aromatic carbocycles. The summed E-state index contributed by atoms with van der Waals surface area (Å²) in [6.07, 6.45) is 1.65. The first-order valence-corrected chi connectivity index (χ1v) is 7.83. The molecule has 2 amide bonds. The highest BCUT2D eigenvalue weighted by Gasteiger charge is 2.51. The lowest BCUT2D eigenvalue weighted by Gasteiger charge is -2.15. The number of carbonyl (C=O) groups excluding carboxylic acids is 2. The Balaban J connectivity index is 1.64. The largest absolute Gasteiger partial charge is 0.497 e. The number of ether oxygens (including phenoxy) is 1. The van der Waals surface area contributed by atoms with E-state index in [1.54, 1.807) is 19.2 Å². The van der Waals surface area contributed by atoms with Crippen molar-refractivity contribution in [2.75, 3.05) is 14.2 Å². The number of methoxy groups -OCH3 is 1. The number of hydrogen-bond donors (Lipinski definition) is 2. The number of benzene rings is 1. The zero-order chi connectivity index (χ0) is 17.2. The Morgan fingerprint density at radius 1 is 1.17 bits per heavy atom. The number of carbonyl (C=O) groups is 2. The minimum Gasteiger partial charge on any atom is -0.497 e. The Kier molecular flexibility index (Phi) is 4.29. The van der Waals surface area contributed by atoms with Gasteiger partial charge in [-0.05, 0) is 42.7 Å². The molecule has 2 aromatic rings. The lowest BCUT2D eigenvalue weighted by atomic mass is 9.95. The maximum Gasteiger partial charge on any atom is 0.286 e. The van der Waals surface area contributed by atoms with Gasteiger partial charge in [-0.3, -0.25) is 9.59 Å². The minimum absolute atomic E-state index is 0.0226. The molecule has 3 rings (SSSR count). The van der Waals surface area contributed by atoms with Crippen molar-refractivity contribution in [1.29, 1.82) is 0 Å². The normalized spacial score (nSPS) is 14.8. The second-order valence-corrected chi connectivity index (χ2v) is 5.84. The topological polar surface area (TPSA) is 80.6 Å². The summed E-state index contributed by atoms with van der Waals surface area (Å²) in [6, 6.07) is 10.9. The quantitative estimate of drug-likeness (QED) is 0.850. The summed E-state index contributed by atoms with van der Waals surface area (Å²) in [5.41, 5.74) is 0.536. The molecule has 0 unspecified atom stereocenters. The Hall–Kier alpha value is -2.76. The van der Waals surface area contributed by atoms with Crippen LogP contribution >= 0.6 is 0 Å². The Morgan fingerprint density at radius 3 is 2.46 bits per heavy atom. The first-order valence-electron chi connectivity index (χ1n) is 7.83. The molecular weight excluding hydrogens is 308 g/mol. The van der Waals surface area contributed by atoms with Crippen LogP contribution in [0.1, 0.15) is 34.7 Å². The van der Waals surface area contributed by atoms with Gasteiger partial charge in [0.05, 0.1) is 19.1 Å². The van der Waals surface area contributed by atoms with Crippen molar-refractivity contribution in [1.82, 2.24) is 10.6 Å². The minimum atomic E-state index is -0.456. The molecular formula is C18H20N2O4. The molecule has 126 valence electrons. The van der Waals surface area contributed by atoms with Crippen LogP contribution in [0.2, 0.25) is 0 Å². The van der Waals surface area contributed by atoms with Gasteiger partial charge in [0, 0.05) is 7.05 Å². The van der Waals surface area contributed by atoms with Crippen LogP contribution in [-0.4, -0.2) is 26.0 Å². The fraction of sp³-hybridized carbons (Fsp3) is 0.333. The summed E-state index contributed by atoms with van der Waals surface area (Å²) in [6.45, 7) is 0.258. The highest BCUT2D eigenvalue weighted by molar-refractivity contribution is 5.92. The third kappa shape index (κ3) is 2.99. The Labute approximate surface area is 140 Å². The molecule has 0 spiro atoms. The second kappa shape index (κ2) is 6.39. The maximum absolute atomic E-state index is 12.6. The molecule has 0 radical (unpaired) electrons. The first kappa shape index (κ1) is 16.1. The molecule has 1 heterocycles. The van der Waals surface area contributed by atoms with Crippen LogP contribution in [0.3, 0.4) is 0 Å². The smallest absolute Gasteiger partial charge is 0.286 e. The fourth-order valence-electron chi connectivity index (χ4n) is 2.74. The van der Waals surface area contributed by atoms with Crippen LogP contribution in [0, 0.1) is 0 Å². The summed E-state index contributed by atoms with van der Waals surface area (Å²) >= 11 is 0. The van der Waals surface area contributed by atoms with Crippen LogP contribution in [0.5, 0.6) is 5.75 Å². The third-order valence-electron chi connectivity index (χ3n) is 4.36. The van der Waals surface area contributed by atoms with Gasteiger partial charge in [0.15, 0.2) is 5.76 Å². The molecule has 2 N–H and O–H groups in total. The summed E-state index contributed by atoms with van der Waals surface area (Å²) in [5.74, 6) is 1.24. The van der Waals surface area contributed by atoms with Gasteiger partial charge in [-0.25, -0.2) is 0 Å². The molecule has 1 fully saturated rings. The van der Waals surface area contributed by atoms with Crippen molar-refractivity contribution in [3.8, 4) is 5.75 Å². The van der Waals surface area contributed by atoms with E-state index in [9.17, 15) is 9.59 Å².